The van der Waals surface area contributed by atoms with Crippen LogP contribution in [0.4, 0.5) is 0 Å². The second-order valence-corrected chi connectivity index (χ2v) is 5.68. The molecule has 0 bridgehead atoms. The first kappa shape index (κ1) is 10.1. The smallest absolute Gasteiger partial charge is 0.0731 e. The minimum absolute atomic E-state index is 0.521. The Morgan fingerprint density at radius 2 is 1.80 bits per heavy atom. The predicted octanol–water partition coefficient (Wildman–Crippen LogP) is 2.33. The van der Waals surface area contributed by atoms with Gasteiger partial charge < -0.3 is 10.1 Å². The zero-order chi connectivity index (χ0) is 10.1. The van der Waals surface area contributed by atoms with Crippen molar-refractivity contribution in [3.8, 4) is 0 Å². The van der Waals surface area contributed by atoms with Crippen molar-refractivity contribution < 1.29 is 4.74 Å². The van der Waals surface area contributed by atoms with Crippen LogP contribution < -0.4 is 5.32 Å². The first-order chi connectivity index (χ1) is 7.42. The normalized spacial score (nSPS) is 38.4. The zero-order valence-electron chi connectivity index (χ0n) is 9.58. The second-order valence-electron chi connectivity index (χ2n) is 5.68. The Labute approximate surface area is 92.8 Å². The molecular formula is C13H23NO. The van der Waals surface area contributed by atoms with Crippen LogP contribution >= 0.6 is 0 Å². The van der Waals surface area contributed by atoms with Crippen molar-refractivity contribution in [1.82, 2.24) is 5.32 Å². The van der Waals surface area contributed by atoms with Crippen LogP contribution in [0.25, 0.3) is 0 Å². The summed E-state index contributed by atoms with van der Waals surface area (Å²) in [6.45, 7) is 2.20. The van der Waals surface area contributed by atoms with Crippen molar-refractivity contribution in [3.05, 3.63) is 0 Å². The first-order valence-corrected chi connectivity index (χ1v) is 6.78. The van der Waals surface area contributed by atoms with Gasteiger partial charge in [0.2, 0.25) is 0 Å². The van der Waals surface area contributed by atoms with Gasteiger partial charge in [0.25, 0.3) is 0 Å². The lowest BCUT2D eigenvalue weighted by atomic mass is 9.98. The van der Waals surface area contributed by atoms with Crippen LogP contribution in [0.5, 0.6) is 0 Å². The Hall–Kier alpha value is -0.0800. The summed E-state index contributed by atoms with van der Waals surface area (Å²) in [5.41, 5.74) is 0. The minimum Gasteiger partial charge on any atom is -0.372 e. The monoisotopic (exact) mass is 209 g/mol. The van der Waals surface area contributed by atoms with E-state index >= 15 is 0 Å². The predicted molar refractivity (Wildman–Crippen MR) is 60.8 cm³/mol. The average molecular weight is 209 g/mol. The molecule has 15 heavy (non-hydrogen) atoms. The van der Waals surface area contributed by atoms with Gasteiger partial charge in [-0.1, -0.05) is 25.7 Å². The molecule has 0 amide bonds. The molecule has 0 aromatic heterocycles. The fourth-order valence-electron chi connectivity index (χ4n) is 3.23. The van der Waals surface area contributed by atoms with E-state index < -0.39 is 0 Å². The number of nitrogens with one attached hydrogen (secondary N) is 1. The summed E-state index contributed by atoms with van der Waals surface area (Å²) in [7, 11) is 0. The molecule has 2 heteroatoms. The molecule has 2 unspecified atom stereocenters. The van der Waals surface area contributed by atoms with E-state index in [9.17, 15) is 0 Å². The van der Waals surface area contributed by atoms with E-state index in [1.54, 1.807) is 0 Å². The van der Waals surface area contributed by atoms with Crippen molar-refractivity contribution >= 4 is 0 Å². The summed E-state index contributed by atoms with van der Waals surface area (Å²) < 4.78 is 6.21. The molecule has 2 saturated carbocycles. The third kappa shape index (κ3) is 2.54. The van der Waals surface area contributed by atoms with Gasteiger partial charge in [0.1, 0.15) is 0 Å². The molecule has 2 nitrogen and oxygen atoms in total. The van der Waals surface area contributed by atoms with E-state index in [4.69, 9.17) is 4.74 Å². The number of rotatable bonds is 3. The van der Waals surface area contributed by atoms with Crippen LogP contribution in [-0.4, -0.2) is 25.3 Å². The molecule has 0 aromatic carbocycles. The largest absolute Gasteiger partial charge is 0.372 e. The highest BCUT2D eigenvalue weighted by Gasteiger charge is 2.36. The highest BCUT2D eigenvalue weighted by molar-refractivity contribution is 4.88. The maximum atomic E-state index is 6.21. The summed E-state index contributed by atoms with van der Waals surface area (Å²) in [5.74, 6) is 1.86. The Bertz CT molecular complexity index is 207. The van der Waals surface area contributed by atoms with Crippen LogP contribution in [-0.2, 0) is 4.74 Å². The van der Waals surface area contributed by atoms with Crippen LogP contribution in [0.3, 0.4) is 0 Å². The summed E-state index contributed by atoms with van der Waals surface area (Å²) >= 11 is 0. The van der Waals surface area contributed by atoms with Crippen molar-refractivity contribution in [3.63, 3.8) is 0 Å². The molecule has 3 aliphatic rings. The third-order valence-electron chi connectivity index (χ3n) is 4.30. The highest BCUT2D eigenvalue weighted by Crippen LogP contribution is 2.37. The summed E-state index contributed by atoms with van der Waals surface area (Å²) in [6, 6.07) is 0. The fourth-order valence-corrected chi connectivity index (χ4v) is 3.23. The second kappa shape index (κ2) is 4.42. The van der Waals surface area contributed by atoms with E-state index in [0.29, 0.717) is 12.2 Å². The van der Waals surface area contributed by atoms with Crippen LogP contribution in [0.1, 0.15) is 44.9 Å². The lowest BCUT2D eigenvalue weighted by Crippen LogP contribution is -2.46. The topological polar surface area (TPSA) is 21.3 Å². The van der Waals surface area contributed by atoms with Gasteiger partial charge in [-0.3, -0.25) is 0 Å². The first-order valence-electron chi connectivity index (χ1n) is 6.78. The van der Waals surface area contributed by atoms with E-state index in [1.807, 2.05) is 0 Å². The summed E-state index contributed by atoms with van der Waals surface area (Å²) in [6.07, 6.45) is 11.0. The van der Waals surface area contributed by atoms with Crippen molar-refractivity contribution in [2.45, 2.75) is 57.2 Å². The van der Waals surface area contributed by atoms with Gasteiger partial charge in [0.05, 0.1) is 12.2 Å². The Morgan fingerprint density at radius 1 is 1.00 bits per heavy atom. The molecular weight excluding hydrogens is 186 g/mol. The molecule has 2 atom stereocenters. The van der Waals surface area contributed by atoms with Gasteiger partial charge in [-0.05, 0) is 31.1 Å². The molecule has 1 aliphatic heterocycles. The Balaban J connectivity index is 1.47. The number of hydrogen-bond acceptors (Lipinski definition) is 2. The number of hydrogen-bond donors (Lipinski definition) is 1. The lowest BCUT2D eigenvalue weighted by molar-refractivity contribution is -0.0568. The van der Waals surface area contributed by atoms with Crippen LogP contribution in [0, 0.1) is 11.8 Å². The average Bonchev–Trinajstić information content (AvgIpc) is 3.00. The molecule has 3 rings (SSSR count). The quantitative estimate of drug-likeness (QED) is 0.770. The van der Waals surface area contributed by atoms with Crippen LogP contribution in [0.2, 0.25) is 0 Å². The number of morpholine rings is 1. The fraction of sp³-hybridized carbons (Fsp3) is 1.00. The van der Waals surface area contributed by atoms with E-state index in [1.165, 1.54) is 44.9 Å². The van der Waals surface area contributed by atoms with Crippen molar-refractivity contribution in [2.75, 3.05) is 13.1 Å². The van der Waals surface area contributed by atoms with Crippen LogP contribution in [0.15, 0.2) is 0 Å². The summed E-state index contributed by atoms with van der Waals surface area (Å²) in [5, 5.41) is 3.56. The van der Waals surface area contributed by atoms with Gasteiger partial charge in [-0.15, -0.1) is 0 Å². The minimum atomic E-state index is 0.521. The zero-order valence-corrected chi connectivity index (χ0v) is 9.58. The lowest BCUT2D eigenvalue weighted by Gasteiger charge is -2.32. The highest BCUT2D eigenvalue weighted by atomic mass is 16.5. The molecule has 1 saturated heterocycles. The van der Waals surface area contributed by atoms with Crippen molar-refractivity contribution in [2.24, 2.45) is 11.8 Å². The van der Waals surface area contributed by atoms with E-state index in [2.05, 4.69) is 5.32 Å². The third-order valence-corrected chi connectivity index (χ3v) is 4.30. The van der Waals surface area contributed by atoms with Gasteiger partial charge in [-0.25, -0.2) is 0 Å². The molecule has 0 spiro atoms. The molecule has 0 radical (unpaired) electrons. The SMILES string of the molecule is C1CCC(CC2CNCC(C3CC3)O2)C1. The van der Waals surface area contributed by atoms with E-state index in [0.717, 1.165) is 24.9 Å². The molecule has 2 aliphatic carbocycles. The van der Waals surface area contributed by atoms with Gasteiger partial charge in [0, 0.05) is 13.1 Å². The molecule has 1 N–H and O–H groups in total. The van der Waals surface area contributed by atoms with Gasteiger partial charge in [0.15, 0.2) is 0 Å². The molecule has 1 heterocycles. The molecule has 86 valence electrons. The Kier molecular flexibility index (Phi) is 2.98. The Morgan fingerprint density at radius 3 is 2.53 bits per heavy atom. The number of ether oxygens (including phenoxy) is 1. The van der Waals surface area contributed by atoms with Crippen molar-refractivity contribution in [1.29, 1.82) is 0 Å². The standard InChI is InChI=1S/C13H23NO/c1-2-4-10(3-1)7-12-8-14-9-13(15-12)11-5-6-11/h10-14H,1-9H2. The summed E-state index contributed by atoms with van der Waals surface area (Å²) in [4.78, 5) is 0. The molecule has 3 fully saturated rings. The molecule has 0 aromatic rings. The van der Waals surface area contributed by atoms with E-state index in [-0.39, 0.29) is 0 Å². The maximum absolute atomic E-state index is 6.21. The maximum Gasteiger partial charge on any atom is 0.0731 e. The van der Waals surface area contributed by atoms with Gasteiger partial charge in [-0.2, -0.15) is 0 Å². The van der Waals surface area contributed by atoms with Gasteiger partial charge >= 0.3 is 0 Å².